The lowest BCUT2D eigenvalue weighted by atomic mass is 9.86. The van der Waals surface area contributed by atoms with E-state index in [4.69, 9.17) is 0 Å². The van der Waals surface area contributed by atoms with Gasteiger partial charge in [-0.2, -0.15) is 0 Å². The molecule has 1 aromatic heterocycles. The van der Waals surface area contributed by atoms with Gasteiger partial charge in [0.15, 0.2) is 0 Å². The number of hydrogen-bond acceptors (Lipinski definition) is 0. The molecule has 57 heavy (non-hydrogen) atoms. The van der Waals surface area contributed by atoms with Crippen molar-refractivity contribution in [2.24, 2.45) is 0 Å². The summed E-state index contributed by atoms with van der Waals surface area (Å²) in [4.78, 5) is 0. The van der Waals surface area contributed by atoms with Gasteiger partial charge in [-0.05, 0) is 95.9 Å². The highest BCUT2D eigenvalue weighted by atomic mass is 15.0. The van der Waals surface area contributed by atoms with E-state index >= 15 is 0 Å². The molecule has 0 amide bonds. The number of fused-ring (bicyclic) bond motifs is 5. The predicted octanol–water partition coefficient (Wildman–Crippen LogP) is 15.4. The molecule has 0 atom stereocenters. The average Bonchev–Trinajstić information content (AvgIpc) is 3.63. The van der Waals surface area contributed by atoms with Crippen molar-refractivity contribution < 1.29 is 0 Å². The summed E-state index contributed by atoms with van der Waals surface area (Å²) in [6, 6.07) is 81.9. The summed E-state index contributed by atoms with van der Waals surface area (Å²) < 4.78 is 2.47. The molecule has 0 aliphatic heterocycles. The van der Waals surface area contributed by atoms with Crippen molar-refractivity contribution in [3.05, 3.63) is 224 Å². The van der Waals surface area contributed by atoms with Gasteiger partial charge >= 0.3 is 0 Å². The first-order chi connectivity index (χ1) is 28.3. The first kappa shape index (κ1) is 32.9. The number of para-hydroxylation sites is 2. The lowest BCUT2D eigenvalue weighted by Gasteiger charge is -2.18. The Balaban J connectivity index is 1.14. The Hall–Kier alpha value is -7.48. The zero-order valence-corrected chi connectivity index (χ0v) is 31.3. The molecule has 1 heterocycles. The molecule has 266 valence electrons. The fraction of sp³-hybridized carbons (Fsp3) is 0. The zero-order valence-electron chi connectivity index (χ0n) is 31.3. The molecule has 0 spiro atoms. The van der Waals surface area contributed by atoms with Crippen LogP contribution in [0.5, 0.6) is 0 Å². The van der Waals surface area contributed by atoms with Gasteiger partial charge in [-0.25, -0.2) is 0 Å². The molecule has 10 aromatic carbocycles. The Morgan fingerprint density at radius 3 is 1.30 bits per heavy atom. The number of rotatable bonds is 6. The summed E-state index contributed by atoms with van der Waals surface area (Å²) in [6.45, 7) is 0. The van der Waals surface area contributed by atoms with Gasteiger partial charge < -0.3 is 4.57 Å². The van der Waals surface area contributed by atoms with Crippen molar-refractivity contribution in [3.8, 4) is 61.3 Å². The van der Waals surface area contributed by atoms with E-state index in [-0.39, 0.29) is 0 Å². The van der Waals surface area contributed by atoms with Crippen LogP contribution in [0.15, 0.2) is 224 Å². The molecule has 0 radical (unpaired) electrons. The van der Waals surface area contributed by atoms with Crippen LogP contribution >= 0.6 is 0 Å². The van der Waals surface area contributed by atoms with E-state index in [1.165, 1.54) is 99.0 Å². The standard InChI is InChI=1S/C56H37N/c1-4-17-38(18-5-1)42-33-36-44(39-19-6-2-7-20-39)52(37-42)51-29-16-28-50-45-23-14-15-30-53(45)57(56(50)51)43-34-31-41(32-35-43)55-48-26-12-10-24-46(48)54(40-21-8-3-9-22-40)47-25-11-13-27-49(47)55/h1-37H. The third kappa shape index (κ3) is 5.47. The molecule has 0 fully saturated rings. The highest BCUT2D eigenvalue weighted by Gasteiger charge is 2.20. The van der Waals surface area contributed by atoms with Crippen LogP contribution in [0.2, 0.25) is 0 Å². The highest BCUT2D eigenvalue weighted by Crippen LogP contribution is 2.45. The van der Waals surface area contributed by atoms with E-state index in [9.17, 15) is 0 Å². The van der Waals surface area contributed by atoms with Crippen LogP contribution in [0.25, 0.3) is 105 Å². The molecule has 11 rings (SSSR count). The predicted molar refractivity (Wildman–Crippen MR) is 243 cm³/mol. The molecule has 1 heteroatoms. The van der Waals surface area contributed by atoms with Gasteiger partial charge in [0, 0.05) is 22.0 Å². The highest BCUT2D eigenvalue weighted by molar-refractivity contribution is 6.21. The maximum Gasteiger partial charge on any atom is 0.0619 e. The van der Waals surface area contributed by atoms with Crippen LogP contribution in [-0.4, -0.2) is 4.57 Å². The summed E-state index contributed by atoms with van der Waals surface area (Å²) in [6.07, 6.45) is 0. The van der Waals surface area contributed by atoms with Gasteiger partial charge in [-0.1, -0.05) is 200 Å². The normalized spacial score (nSPS) is 11.5. The van der Waals surface area contributed by atoms with Crippen molar-refractivity contribution in [2.75, 3.05) is 0 Å². The first-order valence-corrected chi connectivity index (χ1v) is 19.7. The lowest BCUT2D eigenvalue weighted by molar-refractivity contribution is 1.18. The number of benzene rings is 10. The summed E-state index contributed by atoms with van der Waals surface area (Å²) >= 11 is 0. The van der Waals surface area contributed by atoms with Gasteiger partial charge in [0.25, 0.3) is 0 Å². The topological polar surface area (TPSA) is 4.93 Å². The number of aromatic nitrogens is 1. The third-order valence-corrected chi connectivity index (χ3v) is 11.6. The van der Waals surface area contributed by atoms with Crippen LogP contribution in [-0.2, 0) is 0 Å². The minimum Gasteiger partial charge on any atom is -0.309 e. The van der Waals surface area contributed by atoms with Crippen molar-refractivity contribution in [1.29, 1.82) is 0 Å². The van der Waals surface area contributed by atoms with Crippen LogP contribution in [0.3, 0.4) is 0 Å². The molecule has 0 aliphatic rings. The Morgan fingerprint density at radius 2 is 0.702 bits per heavy atom. The van der Waals surface area contributed by atoms with E-state index < -0.39 is 0 Å². The van der Waals surface area contributed by atoms with Crippen LogP contribution in [0.1, 0.15) is 0 Å². The van der Waals surface area contributed by atoms with E-state index in [0.717, 1.165) is 5.69 Å². The monoisotopic (exact) mass is 723 g/mol. The van der Waals surface area contributed by atoms with Crippen molar-refractivity contribution in [3.63, 3.8) is 0 Å². The largest absolute Gasteiger partial charge is 0.309 e. The smallest absolute Gasteiger partial charge is 0.0619 e. The molecule has 0 saturated heterocycles. The number of nitrogens with zero attached hydrogens (tertiary/aromatic N) is 1. The molecule has 0 bridgehead atoms. The van der Waals surface area contributed by atoms with Crippen molar-refractivity contribution in [2.45, 2.75) is 0 Å². The second-order valence-electron chi connectivity index (χ2n) is 14.8. The minimum absolute atomic E-state index is 1.13. The fourth-order valence-corrected chi connectivity index (χ4v) is 9.08. The molecule has 0 unspecified atom stereocenters. The second-order valence-corrected chi connectivity index (χ2v) is 14.8. The van der Waals surface area contributed by atoms with Gasteiger partial charge in [-0.3, -0.25) is 0 Å². The molecular weight excluding hydrogens is 687 g/mol. The van der Waals surface area contributed by atoms with E-state index in [1.54, 1.807) is 0 Å². The maximum atomic E-state index is 2.47. The van der Waals surface area contributed by atoms with Gasteiger partial charge in [0.2, 0.25) is 0 Å². The van der Waals surface area contributed by atoms with Crippen molar-refractivity contribution in [1.82, 2.24) is 4.57 Å². The molecular formula is C56H37N. The fourth-order valence-electron chi connectivity index (χ4n) is 9.08. The molecule has 0 aliphatic carbocycles. The quantitative estimate of drug-likeness (QED) is 0.151. The summed E-state index contributed by atoms with van der Waals surface area (Å²) in [5.74, 6) is 0. The summed E-state index contributed by atoms with van der Waals surface area (Å²) in [5.41, 5.74) is 15.8. The number of hydrogen-bond donors (Lipinski definition) is 0. The van der Waals surface area contributed by atoms with E-state index in [0.29, 0.717) is 0 Å². The van der Waals surface area contributed by atoms with E-state index in [2.05, 4.69) is 229 Å². The van der Waals surface area contributed by atoms with Gasteiger partial charge in [0.1, 0.15) is 0 Å². The third-order valence-electron chi connectivity index (χ3n) is 11.6. The second kappa shape index (κ2) is 13.7. The first-order valence-electron chi connectivity index (χ1n) is 19.7. The molecule has 11 aromatic rings. The maximum absolute atomic E-state index is 2.47. The van der Waals surface area contributed by atoms with Crippen LogP contribution in [0, 0.1) is 0 Å². The Morgan fingerprint density at radius 1 is 0.246 bits per heavy atom. The molecule has 0 saturated carbocycles. The molecule has 1 nitrogen and oxygen atoms in total. The molecule has 0 N–H and O–H groups in total. The lowest BCUT2D eigenvalue weighted by Crippen LogP contribution is -1.97. The van der Waals surface area contributed by atoms with E-state index in [1.807, 2.05) is 0 Å². The van der Waals surface area contributed by atoms with Crippen LogP contribution in [0.4, 0.5) is 0 Å². The Kier molecular flexibility index (Phi) is 7.89. The van der Waals surface area contributed by atoms with Gasteiger partial charge in [-0.15, -0.1) is 0 Å². The SMILES string of the molecule is c1ccc(-c2ccc(-c3ccccc3)c(-c3cccc4c5ccccc5n(-c5ccc(-c6c7ccccc7c(-c7ccccc7)c7ccccc67)cc5)c34)c2)cc1. The Labute approximate surface area is 332 Å². The summed E-state index contributed by atoms with van der Waals surface area (Å²) in [5, 5.41) is 7.53. The minimum atomic E-state index is 1.13. The summed E-state index contributed by atoms with van der Waals surface area (Å²) in [7, 11) is 0. The Bertz CT molecular complexity index is 3190. The van der Waals surface area contributed by atoms with Crippen molar-refractivity contribution >= 4 is 43.4 Å². The van der Waals surface area contributed by atoms with Gasteiger partial charge in [0.05, 0.1) is 11.0 Å². The average molecular weight is 724 g/mol. The zero-order chi connectivity index (χ0) is 37.7. The van der Waals surface area contributed by atoms with Crippen LogP contribution < -0.4 is 0 Å².